The lowest BCUT2D eigenvalue weighted by Gasteiger charge is -2.29. The van der Waals surface area contributed by atoms with Crippen LogP contribution in [0.1, 0.15) is 16.1 Å². The summed E-state index contributed by atoms with van der Waals surface area (Å²) in [5.41, 5.74) is 2.45. The second-order valence-corrected chi connectivity index (χ2v) is 7.99. The molecule has 30 heavy (non-hydrogen) atoms. The molecule has 1 aliphatic heterocycles. The number of anilines is 1. The van der Waals surface area contributed by atoms with Crippen LogP contribution in [-0.4, -0.2) is 72.1 Å². The molecule has 0 radical (unpaired) electrons. The van der Waals surface area contributed by atoms with Crippen molar-refractivity contribution in [1.82, 2.24) is 19.7 Å². The van der Waals surface area contributed by atoms with Crippen LogP contribution in [0, 0.1) is 6.92 Å². The molecule has 0 unspecified atom stereocenters. The molecule has 0 bridgehead atoms. The Balaban J connectivity index is 0.00000256. The molecule has 3 aromatic rings. The number of hydrogen-bond donors (Lipinski definition) is 0. The van der Waals surface area contributed by atoms with E-state index >= 15 is 0 Å². The van der Waals surface area contributed by atoms with E-state index in [1.54, 1.807) is 36.0 Å². The number of aryl methyl sites for hydroxylation is 2. The van der Waals surface area contributed by atoms with Gasteiger partial charge in [0.2, 0.25) is 0 Å². The van der Waals surface area contributed by atoms with Gasteiger partial charge in [-0.25, -0.2) is 4.98 Å². The fourth-order valence-electron chi connectivity index (χ4n) is 3.45. The number of amides is 1. The number of ether oxygens (including phenoxy) is 2. The first kappa shape index (κ1) is 22.5. The molecule has 0 aliphatic carbocycles. The van der Waals surface area contributed by atoms with Gasteiger partial charge in [0.15, 0.2) is 5.13 Å². The van der Waals surface area contributed by atoms with Crippen LogP contribution in [0.2, 0.25) is 0 Å². The van der Waals surface area contributed by atoms with Crippen LogP contribution in [0.3, 0.4) is 0 Å². The number of halogens is 1. The first-order valence-corrected chi connectivity index (χ1v) is 10.4. The van der Waals surface area contributed by atoms with Crippen LogP contribution in [0.5, 0.6) is 5.75 Å². The fraction of sp³-hybridized carbons (Fsp3) is 0.450. The molecule has 1 fully saturated rings. The summed E-state index contributed by atoms with van der Waals surface area (Å²) in [5.74, 6) is 0.614. The molecule has 1 saturated heterocycles. The van der Waals surface area contributed by atoms with Crippen LogP contribution >= 0.6 is 23.7 Å². The SMILES string of the molecule is COc1ccc(C)c2sc(N(CCN3CCOCC3)C(=O)c3ccnn3C)nc12.Cl. The Labute approximate surface area is 185 Å². The monoisotopic (exact) mass is 451 g/mol. The maximum Gasteiger partial charge on any atom is 0.278 e. The maximum absolute atomic E-state index is 13.4. The third-order valence-electron chi connectivity index (χ3n) is 5.17. The molecule has 3 heterocycles. The van der Waals surface area contributed by atoms with E-state index in [2.05, 4.69) is 10.00 Å². The van der Waals surface area contributed by atoms with Crippen LogP contribution < -0.4 is 9.64 Å². The number of morpholine rings is 1. The Kier molecular flexibility index (Phi) is 7.30. The van der Waals surface area contributed by atoms with Crippen molar-refractivity contribution in [2.45, 2.75) is 6.92 Å². The minimum atomic E-state index is -0.103. The van der Waals surface area contributed by atoms with Crippen molar-refractivity contribution in [3.05, 3.63) is 35.7 Å². The topological polar surface area (TPSA) is 72.7 Å². The predicted molar refractivity (Wildman–Crippen MR) is 120 cm³/mol. The van der Waals surface area contributed by atoms with Gasteiger partial charge in [-0.1, -0.05) is 17.4 Å². The van der Waals surface area contributed by atoms with Crippen molar-refractivity contribution in [2.75, 3.05) is 51.4 Å². The third kappa shape index (κ3) is 4.44. The minimum absolute atomic E-state index is 0. The van der Waals surface area contributed by atoms with E-state index in [9.17, 15) is 4.79 Å². The molecule has 1 amide bonds. The second-order valence-electron chi connectivity index (χ2n) is 7.01. The average Bonchev–Trinajstić information content (AvgIpc) is 3.36. The molecule has 0 atom stereocenters. The number of carbonyl (C=O) groups is 1. The molecule has 1 aliphatic rings. The standard InChI is InChI=1S/C20H25N5O3S.ClH/c1-14-4-5-16(27-3)17-18(14)29-20(22-17)25(9-8-24-10-12-28-13-11-24)19(26)15-6-7-21-23(15)2;/h4-7H,8-13H2,1-3H3;1H. The summed E-state index contributed by atoms with van der Waals surface area (Å²) >= 11 is 1.52. The Morgan fingerprint density at radius 2 is 2.07 bits per heavy atom. The van der Waals surface area contributed by atoms with Gasteiger partial charge in [-0.3, -0.25) is 19.3 Å². The first-order chi connectivity index (χ1) is 14.1. The van der Waals surface area contributed by atoms with E-state index in [1.165, 1.54) is 11.3 Å². The number of thiazole rings is 1. The van der Waals surface area contributed by atoms with Gasteiger partial charge < -0.3 is 9.47 Å². The summed E-state index contributed by atoms with van der Waals surface area (Å²) in [6.07, 6.45) is 1.64. The number of rotatable bonds is 6. The summed E-state index contributed by atoms with van der Waals surface area (Å²) in [6.45, 7) is 6.57. The molecule has 10 heteroatoms. The van der Waals surface area contributed by atoms with Crippen LogP contribution in [0.4, 0.5) is 5.13 Å². The summed E-state index contributed by atoms with van der Waals surface area (Å²) in [5, 5.41) is 4.83. The number of benzene rings is 1. The van der Waals surface area contributed by atoms with Gasteiger partial charge in [0.1, 0.15) is 17.0 Å². The highest BCUT2D eigenvalue weighted by molar-refractivity contribution is 7.22. The lowest BCUT2D eigenvalue weighted by Crippen LogP contribution is -2.43. The maximum atomic E-state index is 13.4. The van der Waals surface area contributed by atoms with Crippen molar-refractivity contribution in [2.24, 2.45) is 7.05 Å². The van der Waals surface area contributed by atoms with E-state index in [0.29, 0.717) is 23.1 Å². The smallest absolute Gasteiger partial charge is 0.278 e. The van der Waals surface area contributed by atoms with Gasteiger partial charge in [0, 0.05) is 39.4 Å². The van der Waals surface area contributed by atoms with Crippen LogP contribution in [-0.2, 0) is 11.8 Å². The van der Waals surface area contributed by atoms with Gasteiger partial charge in [0.05, 0.1) is 25.0 Å². The highest BCUT2D eigenvalue weighted by atomic mass is 35.5. The normalized spacial score (nSPS) is 14.5. The fourth-order valence-corrected chi connectivity index (χ4v) is 4.53. The van der Waals surface area contributed by atoms with Gasteiger partial charge in [-0.15, -0.1) is 12.4 Å². The molecule has 0 spiro atoms. The zero-order chi connectivity index (χ0) is 20.4. The van der Waals surface area contributed by atoms with Gasteiger partial charge >= 0.3 is 0 Å². The number of aromatic nitrogens is 3. The lowest BCUT2D eigenvalue weighted by atomic mass is 10.2. The Hall–Kier alpha value is -2.20. The summed E-state index contributed by atoms with van der Waals surface area (Å²) in [7, 11) is 3.42. The van der Waals surface area contributed by atoms with E-state index in [4.69, 9.17) is 14.5 Å². The molecule has 162 valence electrons. The average molecular weight is 452 g/mol. The molecular formula is C20H26ClN5O3S. The molecule has 1 aromatic carbocycles. The number of methoxy groups -OCH3 is 1. The van der Waals surface area contributed by atoms with Crippen molar-refractivity contribution in [3.8, 4) is 5.75 Å². The quantitative estimate of drug-likeness (QED) is 0.573. The van der Waals surface area contributed by atoms with E-state index < -0.39 is 0 Å². The zero-order valence-electron chi connectivity index (χ0n) is 17.3. The Bertz CT molecular complexity index is 1020. The lowest BCUT2D eigenvalue weighted by molar-refractivity contribution is 0.0391. The largest absolute Gasteiger partial charge is 0.494 e. The van der Waals surface area contributed by atoms with E-state index in [1.807, 2.05) is 19.1 Å². The number of nitrogens with zero attached hydrogens (tertiary/aromatic N) is 5. The van der Waals surface area contributed by atoms with Crippen LogP contribution in [0.25, 0.3) is 10.2 Å². The zero-order valence-corrected chi connectivity index (χ0v) is 19.0. The van der Waals surface area contributed by atoms with Gasteiger partial charge in [-0.05, 0) is 24.6 Å². The van der Waals surface area contributed by atoms with Crippen LogP contribution in [0.15, 0.2) is 24.4 Å². The molecule has 2 aromatic heterocycles. The van der Waals surface area contributed by atoms with Gasteiger partial charge in [0.25, 0.3) is 5.91 Å². The summed E-state index contributed by atoms with van der Waals surface area (Å²) < 4.78 is 13.6. The van der Waals surface area contributed by atoms with Crippen molar-refractivity contribution in [3.63, 3.8) is 0 Å². The molecular weight excluding hydrogens is 426 g/mol. The minimum Gasteiger partial charge on any atom is -0.494 e. The summed E-state index contributed by atoms with van der Waals surface area (Å²) in [4.78, 5) is 22.2. The van der Waals surface area contributed by atoms with E-state index in [-0.39, 0.29) is 18.3 Å². The van der Waals surface area contributed by atoms with Crippen molar-refractivity contribution < 1.29 is 14.3 Å². The number of hydrogen-bond acceptors (Lipinski definition) is 7. The third-order valence-corrected chi connectivity index (χ3v) is 6.39. The molecule has 0 saturated carbocycles. The van der Waals surface area contributed by atoms with Crippen molar-refractivity contribution in [1.29, 1.82) is 0 Å². The molecule has 4 rings (SSSR count). The van der Waals surface area contributed by atoms with E-state index in [0.717, 1.165) is 48.6 Å². The number of fused-ring (bicyclic) bond motifs is 1. The number of carbonyl (C=O) groups excluding carboxylic acids is 1. The molecule has 0 N–H and O–H groups in total. The van der Waals surface area contributed by atoms with Crippen molar-refractivity contribution >= 4 is 45.0 Å². The molecule has 8 nitrogen and oxygen atoms in total. The van der Waals surface area contributed by atoms with Gasteiger partial charge in [-0.2, -0.15) is 5.10 Å². The first-order valence-electron chi connectivity index (χ1n) is 9.62. The Morgan fingerprint density at radius 1 is 1.30 bits per heavy atom. The predicted octanol–water partition coefficient (Wildman–Crippen LogP) is 2.75. The summed E-state index contributed by atoms with van der Waals surface area (Å²) in [6, 6.07) is 5.68. The second kappa shape index (κ2) is 9.74. The Morgan fingerprint density at radius 3 is 2.73 bits per heavy atom. The highest BCUT2D eigenvalue weighted by Crippen LogP contribution is 2.36. The highest BCUT2D eigenvalue weighted by Gasteiger charge is 2.25.